The molecule has 1 N–H and O–H groups in total. The maximum absolute atomic E-state index is 12.0. The number of carbonyl (C=O) groups is 1. The Morgan fingerprint density at radius 3 is 2.27 bits per heavy atom. The molecule has 0 aromatic rings. The Morgan fingerprint density at radius 2 is 1.87 bits per heavy atom. The number of rotatable bonds is 2. The van der Waals surface area contributed by atoms with Crippen molar-refractivity contribution in [3.63, 3.8) is 0 Å². The SMILES string of the molecule is CC(C)(C)OC(=O)C(C)(C)C1CCNC1. The van der Waals surface area contributed by atoms with Crippen molar-refractivity contribution in [1.29, 1.82) is 0 Å². The van der Waals surface area contributed by atoms with Crippen LogP contribution in [0.5, 0.6) is 0 Å². The van der Waals surface area contributed by atoms with Crippen LogP contribution in [0.15, 0.2) is 0 Å². The summed E-state index contributed by atoms with van der Waals surface area (Å²) in [4.78, 5) is 12.0. The van der Waals surface area contributed by atoms with Gasteiger partial charge in [0.05, 0.1) is 5.41 Å². The van der Waals surface area contributed by atoms with E-state index in [1.165, 1.54) is 0 Å². The van der Waals surface area contributed by atoms with Gasteiger partial charge in [-0.25, -0.2) is 0 Å². The smallest absolute Gasteiger partial charge is 0.312 e. The summed E-state index contributed by atoms with van der Waals surface area (Å²) in [7, 11) is 0. The molecule has 1 rings (SSSR count). The van der Waals surface area contributed by atoms with E-state index >= 15 is 0 Å². The number of esters is 1. The second kappa shape index (κ2) is 4.12. The highest BCUT2D eigenvalue weighted by molar-refractivity contribution is 5.76. The maximum Gasteiger partial charge on any atom is 0.312 e. The van der Waals surface area contributed by atoms with Crippen molar-refractivity contribution in [3.05, 3.63) is 0 Å². The molecule has 0 aliphatic carbocycles. The monoisotopic (exact) mass is 213 g/mol. The molecule has 1 unspecified atom stereocenters. The quantitative estimate of drug-likeness (QED) is 0.713. The Bertz CT molecular complexity index is 234. The van der Waals surface area contributed by atoms with Gasteiger partial charge in [0.2, 0.25) is 0 Å². The molecule has 88 valence electrons. The lowest BCUT2D eigenvalue weighted by atomic mass is 9.78. The van der Waals surface area contributed by atoms with E-state index in [2.05, 4.69) is 5.32 Å². The highest BCUT2D eigenvalue weighted by Gasteiger charge is 2.40. The number of carbonyl (C=O) groups excluding carboxylic acids is 1. The third kappa shape index (κ3) is 3.20. The van der Waals surface area contributed by atoms with Crippen molar-refractivity contribution in [1.82, 2.24) is 5.32 Å². The molecule has 0 radical (unpaired) electrons. The maximum atomic E-state index is 12.0. The molecule has 0 saturated carbocycles. The molecule has 0 aromatic heterocycles. The molecule has 15 heavy (non-hydrogen) atoms. The van der Waals surface area contributed by atoms with Crippen molar-refractivity contribution in [3.8, 4) is 0 Å². The zero-order valence-corrected chi connectivity index (χ0v) is 10.5. The molecule has 0 aromatic carbocycles. The third-order valence-corrected chi connectivity index (χ3v) is 3.01. The minimum Gasteiger partial charge on any atom is -0.460 e. The zero-order valence-electron chi connectivity index (χ0n) is 10.5. The average Bonchev–Trinajstić information content (AvgIpc) is 2.52. The Kier molecular flexibility index (Phi) is 3.44. The third-order valence-electron chi connectivity index (χ3n) is 3.01. The lowest BCUT2D eigenvalue weighted by Crippen LogP contribution is -2.39. The normalized spacial score (nSPS) is 22.9. The largest absolute Gasteiger partial charge is 0.460 e. The van der Waals surface area contributed by atoms with Gasteiger partial charge in [0.25, 0.3) is 0 Å². The minimum absolute atomic E-state index is 0.0799. The highest BCUT2D eigenvalue weighted by Crippen LogP contribution is 2.33. The Labute approximate surface area is 92.6 Å². The van der Waals surface area contributed by atoms with E-state index in [0.29, 0.717) is 5.92 Å². The molecular weight excluding hydrogens is 190 g/mol. The molecule has 1 fully saturated rings. The Balaban J connectivity index is 2.63. The molecule has 0 spiro atoms. The highest BCUT2D eigenvalue weighted by atomic mass is 16.6. The van der Waals surface area contributed by atoms with E-state index < -0.39 is 0 Å². The van der Waals surface area contributed by atoms with Crippen LogP contribution in [-0.4, -0.2) is 24.7 Å². The molecule has 1 saturated heterocycles. The van der Waals surface area contributed by atoms with Crippen molar-refractivity contribution >= 4 is 5.97 Å². The number of hydrogen-bond acceptors (Lipinski definition) is 3. The summed E-state index contributed by atoms with van der Waals surface area (Å²) in [5, 5.41) is 3.29. The Hall–Kier alpha value is -0.570. The first kappa shape index (κ1) is 12.5. The molecule has 1 atom stereocenters. The van der Waals surface area contributed by atoms with E-state index in [0.717, 1.165) is 19.5 Å². The van der Waals surface area contributed by atoms with Crippen LogP contribution in [0.1, 0.15) is 41.0 Å². The molecule has 0 amide bonds. The van der Waals surface area contributed by atoms with Crippen LogP contribution in [0, 0.1) is 11.3 Å². The van der Waals surface area contributed by atoms with Gasteiger partial charge in [0, 0.05) is 0 Å². The van der Waals surface area contributed by atoms with E-state index in [9.17, 15) is 4.79 Å². The fourth-order valence-corrected chi connectivity index (χ4v) is 1.85. The topological polar surface area (TPSA) is 38.3 Å². The summed E-state index contributed by atoms with van der Waals surface area (Å²) in [6.07, 6.45) is 1.06. The minimum atomic E-state index is -0.389. The predicted octanol–water partition coefficient (Wildman–Crippen LogP) is 1.96. The summed E-state index contributed by atoms with van der Waals surface area (Å²) in [6.45, 7) is 11.6. The van der Waals surface area contributed by atoms with Gasteiger partial charge in [-0.05, 0) is 60.0 Å². The van der Waals surface area contributed by atoms with E-state index in [1.54, 1.807) is 0 Å². The van der Waals surface area contributed by atoms with Gasteiger partial charge in [-0.1, -0.05) is 0 Å². The Morgan fingerprint density at radius 1 is 1.27 bits per heavy atom. The summed E-state index contributed by atoms with van der Waals surface area (Å²) in [6, 6.07) is 0. The van der Waals surface area contributed by atoms with E-state index in [4.69, 9.17) is 4.74 Å². The van der Waals surface area contributed by atoms with Gasteiger partial charge in [0.15, 0.2) is 0 Å². The van der Waals surface area contributed by atoms with Gasteiger partial charge in [-0.2, -0.15) is 0 Å². The lowest BCUT2D eigenvalue weighted by molar-refractivity contribution is -0.168. The number of ether oxygens (including phenoxy) is 1. The second-order valence-electron chi connectivity index (χ2n) is 5.91. The van der Waals surface area contributed by atoms with Crippen LogP contribution in [0.3, 0.4) is 0 Å². The molecule has 0 bridgehead atoms. The zero-order chi connectivity index (χ0) is 11.7. The van der Waals surface area contributed by atoms with Crippen molar-refractivity contribution in [2.45, 2.75) is 46.6 Å². The fourth-order valence-electron chi connectivity index (χ4n) is 1.85. The van der Waals surface area contributed by atoms with Crippen molar-refractivity contribution < 1.29 is 9.53 Å². The van der Waals surface area contributed by atoms with Crippen molar-refractivity contribution in [2.24, 2.45) is 11.3 Å². The molecule has 1 aliphatic heterocycles. The number of nitrogens with one attached hydrogen (secondary N) is 1. The lowest BCUT2D eigenvalue weighted by Gasteiger charge is -2.32. The number of hydrogen-bond donors (Lipinski definition) is 1. The van der Waals surface area contributed by atoms with Crippen LogP contribution >= 0.6 is 0 Å². The van der Waals surface area contributed by atoms with Gasteiger partial charge in [-0.15, -0.1) is 0 Å². The van der Waals surface area contributed by atoms with Crippen LogP contribution < -0.4 is 5.32 Å². The van der Waals surface area contributed by atoms with E-state index in [-0.39, 0.29) is 17.0 Å². The van der Waals surface area contributed by atoms with E-state index in [1.807, 2.05) is 34.6 Å². The molecule has 3 heteroatoms. The standard InChI is InChI=1S/C12H23NO2/c1-11(2,3)15-10(14)12(4,5)9-6-7-13-8-9/h9,13H,6-8H2,1-5H3. The molecule has 1 aliphatic rings. The van der Waals surface area contributed by atoms with Gasteiger partial charge in [-0.3, -0.25) is 4.79 Å². The summed E-state index contributed by atoms with van der Waals surface area (Å²) < 4.78 is 5.45. The molecule has 3 nitrogen and oxygen atoms in total. The van der Waals surface area contributed by atoms with Crippen LogP contribution in [0.25, 0.3) is 0 Å². The second-order valence-corrected chi connectivity index (χ2v) is 5.91. The fraction of sp³-hybridized carbons (Fsp3) is 0.917. The van der Waals surface area contributed by atoms with Gasteiger partial charge < -0.3 is 10.1 Å². The predicted molar refractivity (Wildman–Crippen MR) is 60.6 cm³/mol. The first-order chi connectivity index (χ1) is 6.73. The summed E-state index contributed by atoms with van der Waals surface area (Å²) >= 11 is 0. The van der Waals surface area contributed by atoms with Crippen LogP contribution in [0.4, 0.5) is 0 Å². The van der Waals surface area contributed by atoms with Crippen LogP contribution in [0.2, 0.25) is 0 Å². The first-order valence-electron chi connectivity index (χ1n) is 5.67. The molecule has 1 heterocycles. The summed E-state index contributed by atoms with van der Waals surface area (Å²) in [5.41, 5.74) is -0.767. The average molecular weight is 213 g/mol. The van der Waals surface area contributed by atoms with Crippen LogP contribution in [-0.2, 0) is 9.53 Å². The summed E-state index contributed by atoms with van der Waals surface area (Å²) in [5.74, 6) is 0.316. The molecular formula is C12H23NO2. The van der Waals surface area contributed by atoms with Gasteiger partial charge in [0.1, 0.15) is 5.60 Å². The first-order valence-corrected chi connectivity index (χ1v) is 5.67. The van der Waals surface area contributed by atoms with Crippen molar-refractivity contribution in [2.75, 3.05) is 13.1 Å². The van der Waals surface area contributed by atoms with Gasteiger partial charge >= 0.3 is 5.97 Å².